The van der Waals surface area contributed by atoms with Crippen molar-refractivity contribution in [2.24, 2.45) is 0 Å². The molecule has 3 unspecified atom stereocenters. The number of carboxylic acids is 1. The predicted molar refractivity (Wildman–Crippen MR) is 235 cm³/mol. The third-order valence-corrected chi connectivity index (χ3v) is 9.30. The molecule has 58 heavy (non-hydrogen) atoms. The van der Waals surface area contributed by atoms with Gasteiger partial charge in [-0.15, -0.1) is 0 Å². The molecule has 1 amide bonds. The number of aliphatic hydroxyl groups is 1. The summed E-state index contributed by atoms with van der Waals surface area (Å²) in [6, 6.07) is -1.59. The summed E-state index contributed by atoms with van der Waals surface area (Å²) in [5.41, 5.74) is 0. The number of carbonyl (C=O) groups excluding carboxylic acids is 2. The summed E-state index contributed by atoms with van der Waals surface area (Å²) >= 11 is 0. The molecule has 3 atom stereocenters. The molecule has 0 saturated carbocycles. The smallest absolute Gasteiger partial charge is 0.472 e. The van der Waals surface area contributed by atoms with Crippen LogP contribution in [0.3, 0.4) is 0 Å². The van der Waals surface area contributed by atoms with E-state index in [0.717, 1.165) is 51.4 Å². The van der Waals surface area contributed by atoms with E-state index >= 15 is 0 Å². The number of phosphoric ester groups is 1. The van der Waals surface area contributed by atoms with Crippen LogP contribution in [0.4, 0.5) is 0 Å². The Morgan fingerprint density at radius 2 is 0.931 bits per heavy atom. The quantitative estimate of drug-likeness (QED) is 0.0203. The summed E-state index contributed by atoms with van der Waals surface area (Å²) < 4.78 is 26.7. The van der Waals surface area contributed by atoms with Crippen molar-refractivity contribution < 1.29 is 47.8 Å². The fraction of sp³-hybridized carbons (Fsp3) is 0.587. The Balaban J connectivity index is 4.10. The summed E-state index contributed by atoms with van der Waals surface area (Å²) in [5.74, 6) is -2.53. The Morgan fingerprint density at radius 1 is 0.552 bits per heavy atom. The van der Waals surface area contributed by atoms with Crippen LogP contribution in [0.1, 0.15) is 142 Å². The Morgan fingerprint density at radius 3 is 1.34 bits per heavy atom. The van der Waals surface area contributed by atoms with E-state index in [1.165, 1.54) is 38.5 Å². The molecule has 0 rings (SSSR count). The lowest BCUT2D eigenvalue weighted by atomic mass is 10.2. The Labute approximate surface area is 349 Å². The second-order valence-electron chi connectivity index (χ2n) is 13.8. The number of allylic oxidation sites excluding steroid dienone is 16. The highest BCUT2D eigenvalue weighted by Crippen LogP contribution is 2.43. The van der Waals surface area contributed by atoms with Gasteiger partial charge in [-0.25, -0.2) is 9.36 Å². The van der Waals surface area contributed by atoms with Crippen LogP contribution < -0.4 is 5.32 Å². The number of aliphatic carboxylic acids is 1. The van der Waals surface area contributed by atoms with E-state index in [0.29, 0.717) is 25.7 Å². The van der Waals surface area contributed by atoms with Crippen LogP contribution in [0.15, 0.2) is 97.2 Å². The van der Waals surface area contributed by atoms with Gasteiger partial charge in [-0.2, -0.15) is 0 Å². The maximum Gasteiger partial charge on any atom is 0.472 e. The topological polar surface area (TPSA) is 169 Å². The van der Waals surface area contributed by atoms with E-state index in [-0.39, 0.29) is 12.8 Å². The van der Waals surface area contributed by atoms with Crippen molar-refractivity contribution in [3.63, 3.8) is 0 Å². The Hall–Kier alpha value is -3.60. The predicted octanol–water partition coefficient (Wildman–Crippen LogP) is 10.9. The van der Waals surface area contributed by atoms with Gasteiger partial charge in [-0.1, -0.05) is 137 Å². The average Bonchev–Trinajstić information content (AvgIpc) is 3.20. The minimum Gasteiger partial charge on any atom is -0.480 e. The van der Waals surface area contributed by atoms with Crippen LogP contribution in [0.5, 0.6) is 0 Å². The third-order valence-electron chi connectivity index (χ3n) is 8.35. The fourth-order valence-electron chi connectivity index (χ4n) is 5.00. The number of rotatable bonds is 38. The number of amides is 1. The lowest BCUT2D eigenvalue weighted by molar-refractivity contribution is -0.147. The molecule has 0 aromatic carbocycles. The van der Waals surface area contributed by atoms with Crippen molar-refractivity contribution >= 4 is 25.7 Å². The molecule has 0 heterocycles. The number of carboxylic acid groups (broad SMARTS) is 1. The lowest BCUT2D eigenvalue weighted by Gasteiger charge is -2.18. The second-order valence-corrected chi connectivity index (χ2v) is 15.3. The van der Waals surface area contributed by atoms with Crippen molar-refractivity contribution in [3.8, 4) is 0 Å². The van der Waals surface area contributed by atoms with E-state index in [1.807, 2.05) is 24.3 Å². The average molecular weight is 832 g/mol. The first-order chi connectivity index (χ1) is 28.1. The molecule has 0 aromatic heterocycles. The minimum atomic E-state index is -4.79. The molecule has 12 heteroatoms. The standard InChI is InChI=1S/C46H74NO10P/c1-3-5-7-9-11-13-15-17-19-21-23-25-27-29-31-33-35-37-44(49)47-43(46(51)52)41-57-58(53,54)56-40-42(48)39-55-45(50)38-36-34-32-30-28-26-24-22-20-18-16-14-12-10-8-6-4-2/h11-14,17-20,23-26,29-32,42-43,48H,3-10,15-16,21-22,27-28,33-41H2,1-2H3,(H,47,49)(H,51,52)(H,53,54)/b13-11-,14-12-,19-17-,20-18-,25-23-,26-24-,31-29-,32-30-. The van der Waals surface area contributed by atoms with Crippen molar-refractivity contribution in [2.75, 3.05) is 19.8 Å². The molecule has 0 radical (unpaired) electrons. The molecule has 0 aliphatic carbocycles. The number of hydrogen-bond acceptors (Lipinski definition) is 8. The molecule has 0 aliphatic rings. The van der Waals surface area contributed by atoms with E-state index in [2.05, 4.69) is 92.1 Å². The summed E-state index contributed by atoms with van der Waals surface area (Å²) in [6.45, 7) is 2.41. The first-order valence-electron chi connectivity index (χ1n) is 21.3. The normalized spacial score (nSPS) is 14.7. The molecule has 0 saturated heterocycles. The zero-order valence-electron chi connectivity index (χ0n) is 35.3. The number of nitrogens with one attached hydrogen (secondary N) is 1. The van der Waals surface area contributed by atoms with Crippen LogP contribution in [0.2, 0.25) is 0 Å². The number of aliphatic hydroxyl groups excluding tert-OH is 1. The van der Waals surface area contributed by atoms with Gasteiger partial charge in [0.1, 0.15) is 12.7 Å². The molecule has 0 aliphatic heterocycles. The maximum absolute atomic E-state index is 12.3. The van der Waals surface area contributed by atoms with E-state index < -0.39 is 57.6 Å². The van der Waals surface area contributed by atoms with Gasteiger partial charge in [0, 0.05) is 12.8 Å². The number of unbranched alkanes of at least 4 members (excludes halogenated alkanes) is 8. The number of carbonyl (C=O) groups is 3. The molecule has 0 aromatic rings. The molecule has 328 valence electrons. The van der Waals surface area contributed by atoms with E-state index in [1.54, 1.807) is 0 Å². The fourth-order valence-corrected chi connectivity index (χ4v) is 5.78. The number of hydrogen-bond donors (Lipinski definition) is 4. The highest BCUT2D eigenvalue weighted by atomic mass is 31.2. The van der Waals surface area contributed by atoms with Crippen molar-refractivity contribution in [1.82, 2.24) is 5.32 Å². The highest BCUT2D eigenvalue weighted by Gasteiger charge is 2.28. The molecule has 0 spiro atoms. The van der Waals surface area contributed by atoms with E-state index in [4.69, 9.17) is 13.8 Å². The summed E-state index contributed by atoms with van der Waals surface area (Å²) in [7, 11) is -4.79. The molecule has 4 N–H and O–H groups in total. The van der Waals surface area contributed by atoms with Gasteiger partial charge in [0.05, 0.1) is 13.2 Å². The van der Waals surface area contributed by atoms with Gasteiger partial charge in [-0.3, -0.25) is 18.6 Å². The van der Waals surface area contributed by atoms with Gasteiger partial charge >= 0.3 is 19.8 Å². The van der Waals surface area contributed by atoms with Crippen LogP contribution in [0, 0.1) is 0 Å². The van der Waals surface area contributed by atoms with Crippen LogP contribution in [-0.4, -0.2) is 64.9 Å². The monoisotopic (exact) mass is 832 g/mol. The van der Waals surface area contributed by atoms with E-state index in [9.17, 15) is 34.1 Å². The maximum atomic E-state index is 12.3. The largest absolute Gasteiger partial charge is 0.480 e. The van der Waals surface area contributed by atoms with Crippen molar-refractivity contribution in [2.45, 2.75) is 154 Å². The van der Waals surface area contributed by atoms with Crippen molar-refractivity contribution in [1.29, 1.82) is 0 Å². The number of ether oxygens (including phenoxy) is 1. The molecule has 11 nitrogen and oxygen atoms in total. The van der Waals surface area contributed by atoms with Gasteiger partial charge in [-0.05, 0) is 89.9 Å². The summed E-state index contributed by atoms with van der Waals surface area (Å²) in [4.78, 5) is 45.8. The van der Waals surface area contributed by atoms with Crippen molar-refractivity contribution in [3.05, 3.63) is 97.2 Å². The van der Waals surface area contributed by atoms with Crippen LogP contribution >= 0.6 is 7.82 Å². The molecule has 0 bridgehead atoms. The minimum absolute atomic E-state index is 0.0601. The van der Waals surface area contributed by atoms with Crippen LogP contribution in [0.25, 0.3) is 0 Å². The Kier molecular flexibility index (Phi) is 37.7. The zero-order chi connectivity index (χ0) is 42.8. The summed E-state index contributed by atoms with van der Waals surface area (Å²) in [6.07, 6.45) is 50.2. The molecular formula is C46H74NO10P. The first-order valence-corrected chi connectivity index (χ1v) is 22.8. The van der Waals surface area contributed by atoms with Gasteiger partial charge in [0.2, 0.25) is 5.91 Å². The lowest BCUT2D eigenvalue weighted by Crippen LogP contribution is -2.43. The number of esters is 1. The SMILES string of the molecule is CCCCC/C=C\C/C=C\C/C=C\C/C=C\CCCC(=O)NC(COP(=O)(O)OCC(O)COC(=O)CCC/C=C\C/C=C\C/C=C\C/C=C\CCCCC)C(=O)O. The molecular weight excluding hydrogens is 757 g/mol. The number of phosphoric acid groups is 1. The summed E-state index contributed by atoms with van der Waals surface area (Å²) in [5, 5.41) is 21.7. The highest BCUT2D eigenvalue weighted by molar-refractivity contribution is 7.47. The Bertz CT molecular complexity index is 1350. The molecule has 0 fully saturated rings. The third kappa shape index (κ3) is 39.2. The zero-order valence-corrected chi connectivity index (χ0v) is 36.2. The van der Waals surface area contributed by atoms with Gasteiger partial charge in [0.15, 0.2) is 6.04 Å². The van der Waals surface area contributed by atoms with Gasteiger partial charge < -0.3 is 25.2 Å². The first kappa shape index (κ1) is 54.4. The second kappa shape index (κ2) is 40.2. The van der Waals surface area contributed by atoms with Gasteiger partial charge in [0.25, 0.3) is 0 Å². The van der Waals surface area contributed by atoms with Crippen LogP contribution in [-0.2, 0) is 32.7 Å².